The number of amides is 2. The fourth-order valence-corrected chi connectivity index (χ4v) is 4.15. The lowest BCUT2D eigenvalue weighted by Crippen LogP contribution is -2.52. The first-order valence-electron chi connectivity index (χ1n) is 10.7. The van der Waals surface area contributed by atoms with Gasteiger partial charge < -0.3 is 25.6 Å². The standard InChI is InChI=1S/C23H29N5O3/c1-14-13-27(18-6-7-18)19-8-4-16(10-20(19)28(14)22(29)11-24)23(30)26-15(2)17-5-9-21(31-3)25-12-17/h4-5,8-10,12,14-15,18H,6-7,11,13,24H2,1-3H3,(H,26,30). The molecule has 1 aromatic carbocycles. The largest absolute Gasteiger partial charge is 0.481 e. The predicted molar refractivity (Wildman–Crippen MR) is 119 cm³/mol. The Bertz CT molecular complexity index is 974. The molecule has 3 N–H and O–H groups in total. The van der Waals surface area contributed by atoms with Crippen molar-refractivity contribution in [2.45, 2.75) is 44.8 Å². The number of hydrogen-bond donors (Lipinski definition) is 2. The second-order valence-electron chi connectivity index (χ2n) is 8.23. The van der Waals surface area contributed by atoms with Crippen LogP contribution in [0, 0.1) is 0 Å². The Morgan fingerprint density at radius 3 is 2.65 bits per heavy atom. The van der Waals surface area contributed by atoms with E-state index >= 15 is 0 Å². The summed E-state index contributed by atoms with van der Waals surface area (Å²) in [5, 5.41) is 3.01. The molecule has 31 heavy (non-hydrogen) atoms. The highest BCUT2D eigenvalue weighted by Crippen LogP contribution is 2.42. The maximum Gasteiger partial charge on any atom is 0.251 e. The van der Waals surface area contributed by atoms with Crippen molar-refractivity contribution in [3.63, 3.8) is 0 Å². The molecule has 0 spiro atoms. The van der Waals surface area contributed by atoms with Crippen molar-refractivity contribution < 1.29 is 14.3 Å². The van der Waals surface area contributed by atoms with Crippen molar-refractivity contribution in [3.8, 4) is 5.88 Å². The van der Waals surface area contributed by atoms with Gasteiger partial charge in [0.05, 0.1) is 37.1 Å². The summed E-state index contributed by atoms with van der Waals surface area (Å²) in [7, 11) is 1.56. The van der Waals surface area contributed by atoms with E-state index in [-0.39, 0.29) is 30.4 Å². The van der Waals surface area contributed by atoms with Crippen molar-refractivity contribution in [2.24, 2.45) is 5.73 Å². The zero-order valence-corrected chi connectivity index (χ0v) is 18.2. The van der Waals surface area contributed by atoms with Gasteiger partial charge in [-0.15, -0.1) is 0 Å². The molecule has 8 nitrogen and oxygen atoms in total. The van der Waals surface area contributed by atoms with Gasteiger partial charge in [0.2, 0.25) is 11.8 Å². The second-order valence-corrected chi connectivity index (χ2v) is 8.23. The molecular formula is C23H29N5O3. The molecule has 0 bridgehead atoms. The number of carbonyl (C=O) groups is 2. The van der Waals surface area contributed by atoms with Gasteiger partial charge in [-0.1, -0.05) is 6.07 Å². The third-order valence-electron chi connectivity index (χ3n) is 5.96. The van der Waals surface area contributed by atoms with E-state index in [4.69, 9.17) is 10.5 Å². The van der Waals surface area contributed by atoms with Gasteiger partial charge in [-0.2, -0.15) is 0 Å². The molecule has 1 aliphatic heterocycles. The first kappa shape index (κ1) is 21.1. The zero-order chi connectivity index (χ0) is 22.1. The number of nitrogens with two attached hydrogens (primary N) is 1. The maximum atomic E-state index is 13.0. The Morgan fingerprint density at radius 2 is 2.03 bits per heavy atom. The minimum absolute atomic E-state index is 0.00763. The molecule has 1 aliphatic carbocycles. The van der Waals surface area contributed by atoms with Crippen molar-refractivity contribution in [3.05, 3.63) is 47.7 Å². The topological polar surface area (TPSA) is 101 Å². The van der Waals surface area contributed by atoms with E-state index in [1.807, 2.05) is 38.1 Å². The molecule has 2 atom stereocenters. The Labute approximate surface area is 182 Å². The van der Waals surface area contributed by atoms with Crippen LogP contribution in [0.25, 0.3) is 0 Å². The van der Waals surface area contributed by atoms with E-state index in [1.54, 1.807) is 24.3 Å². The normalized spacial score (nSPS) is 18.9. The average Bonchev–Trinajstić information content (AvgIpc) is 3.63. The Balaban J connectivity index is 1.59. The van der Waals surface area contributed by atoms with Crippen molar-refractivity contribution in [1.29, 1.82) is 0 Å². The number of aromatic nitrogens is 1. The van der Waals surface area contributed by atoms with Crippen LogP contribution in [0.4, 0.5) is 11.4 Å². The van der Waals surface area contributed by atoms with Crippen LogP contribution < -0.4 is 25.6 Å². The Kier molecular flexibility index (Phi) is 5.82. The van der Waals surface area contributed by atoms with Gasteiger partial charge in [-0.25, -0.2) is 4.98 Å². The number of nitrogens with one attached hydrogen (secondary N) is 1. The van der Waals surface area contributed by atoms with Gasteiger partial charge in [0, 0.05) is 30.4 Å². The molecule has 2 amide bonds. The number of pyridine rings is 1. The zero-order valence-electron chi connectivity index (χ0n) is 18.2. The number of carbonyl (C=O) groups excluding carboxylic acids is 2. The van der Waals surface area contributed by atoms with Crippen LogP contribution in [0.15, 0.2) is 36.5 Å². The van der Waals surface area contributed by atoms with Crippen LogP contribution in [-0.4, -0.2) is 49.1 Å². The van der Waals surface area contributed by atoms with Crippen LogP contribution >= 0.6 is 0 Å². The minimum atomic E-state index is -0.231. The molecule has 2 heterocycles. The lowest BCUT2D eigenvalue weighted by atomic mass is 10.0. The van der Waals surface area contributed by atoms with Gasteiger partial charge in [0.25, 0.3) is 5.91 Å². The monoisotopic (exact) mass is 423 g/mol. The number of rotatable bonds is 6. The van der Waals surface area contributed by atoms with Crippen LogP contribution in [0.5, 0.6) is 5.88 Å². The van der Waals surface area contributed by atoms with E-state index in [1.165, 1.54) is 0 Å². The quantitative estimate of drug-likeness (QED) is 0.739. The summed E-state index contributed by atoms with van der Waals surface area (Å²) in [5.41, 5.74) is 8.81. The van der Waals surface area contributed by atoms with Crippen LogP contribution in [-0.2, 0) is 4.79 Å². The summed E-state index contributed by atoms with van der Waals surface area (Å²) in [6.07, 6.45) is 4.01. The highest BCUT2D eigenvalue weighted by Gasteiger charge is 2.38. The molecule has 4 rings (SSSR count). The second kappa shape index (κ2) is 8.55. The van der Waals surface area contributed by atoms with Crippen molar-refractivity contribution in [2.75, 3.05) is 30.0 Å². The highest BCUT2D eigenvalue weighted by atomic mass is 16.5. The first-order valence-corrected chi connectivity index (χ1v) is 10.7. The van der Waals surface area contributed by atoms with Gasteiger partial charge in [-0.3, -0.25) is 9.59 Å². The Hall–Kier alpha value is -3.13. The number of nitrogens with zero attached hydrogens (tertiary/aromatic N) is 3. The molecule has 8 heteroatoms. The van der Waals surface area contributed by atoms with Gasteiger partial charge in [0.15, 0.2) is 0 Å². The van der Waals surface area contributed by atoms with Crippen LogP contribution in [0.2, 0.25) is 0 Å². The van der Waals surface area contributed by atoms with E-state index in [9.17, 15) is 9.59 Å². The molecule has 2 unspecified atom stereocenters. The summed E-state index contributed by atoms with van der Waals surface area (Å²) >= 11 is 0. The maximum absolute atomic E-state index is 13.0. The molecule has 1 fully saturated rings. The third kappa shape index (κ3) is 4.20. The highest BCUT2D eigenvalue weighted by molar-refractivity contribution is 6.03. The average molecular weight is 424 g/mol. The first-order chi connectivity index (χ1) is 14.9. The minimum Gasteiger partial charge on any atom is -0.481 e. The van der Waals surface area contributed by atoms with Gasteiger partial charge >= 0.3 is 0 Å². The number of methoxy groups -OCH3 is 1. The Morgan fingerprint density at radius 1 is 1.26 bits per heavy atom. The number of hydrogen-bond acceptors (Lipinski definition) is 6. The van der Waals surface area contributed by atoms with E-state index in [2.05, 4.69) is 15.2 Å². The number of ether oxygens (including phenoxy) is 1. The molecule has 0 saturated heterocycles. The van der Waals surface area contributed by atoms with Crippen molar-refractivity contribution in [1.82, 2.24) is 10.3 Å². The summed E-state index contributed by atoms with van der Waals surface area (Å²) in [6, 6.07) is 9.49. The van der Waals surface area contributed by atoms with E-state index < -0.39 is 0 Å². The van der Waals surface area contributed by atoms with Crippen LogP contribution in [0.3, 0.4) is 0 Å². The number of benzene rings is 1. The fourth-order valence-electron chi connectivity index (χ4n) is 4.15. The van der Waals surface area contributed by atoms with E-state index in [0.717, 1.165) is 36.3 Å². The third-order valence-corrected chi connectivity index (χ3v) is 5.96. The lowest BCUT2D eigenvalue weighted by Gasteiger charge is -2.42. The molecule has 1 aromatic heterocycles. The summed E-state index contributed by atoms with van der Waals surface area (Å²) < 4.78 is 5.09. The molecule has 0 radical (unpaired) electrons. The molecule has 1 saturated carbocycles. The van der Waals surface area contributed by atoms with Gasteiger partial charge in [0.1, 0.15) is 0 Å². The van der Waals surface area contributed by atoms with Gasteiger partial charge in [-0.05, 0) is 50.5 Å². The molecule has 2 aromatic rings. The predicted octanol–water partition coefficient (Wildman–Crippen LogP) is 2.24. The van der Waals surface area contributed by atoms with Crippen molar-refractivity contribution >= 4 is 23.2 Å². The molecule has 2 aliphatic rings. The number of fused-ring (bicyclic) bond motifs is 1. The summed E-state index contributed by atoms with van der Waals surface area (Å²) in [4.78, 5) is 33.9. The molecule has 164 valence electrons. The van der Waals surface area contributed by atoms with Crippen LogP contribution in [0.1, 0.15) is 48.7 Å². The summed E-state index contributed by atoms with van der Waals surface area (Å²) in [5.74, 6) is 0.179. The lowest BCUT2D eigenvalue weighted by molar-refractivity contribution is -0.117. The van der Waals surface area contributed by atoms with E-state index in [0.29, 0.717) is 17.5 Å². The number of anilines is 2. The summed E-state index contributed by atoms with van der Waals surface area (Å²) in [6.45, 7) is 4.64. The molecular weight excluding hydrogens is 394 g/mol. The fraction of sp³-hybridized carbons (Fsp3) is 0.435. The SMILES string of the molecule is COc1ccc(C(C)NC(=O)c2ccc3c(c2)N(C(=O)CN)C(C)CN3C2CC2)cn1. The smallest absolute Gasteiger partial charge is 0.251 e.